The largest absolute Gasteiger partial charge is 0.368 e. The monoisotopic (exact) mass is 165 g/mol. The Bertz CT molecular complexity index is 431. The Morgan fingerprint density at radius 3 is 2.67 bits per heavy atom. The number of nitrogens with zero attached hydrogens (tertiary/aromatic N) is 5. The second-order valence-electron chi connectivity index (χ2n) is 2.31. The number of nitrogens with two attached hydrogens (primary N) is 2. The number of nitrogen functional groups attached to an aromatic ring is 2. The van der Waals surface area contributed by atoms with Crippen molar-refractivity contribution in [2.24, 2.45) is 0 Å². The fourth-order valence-electron chi connectivity index (χ4n) is 0.922. The molecule has 0 aliphatic heterocycles. The van der Waals surface area contributed by atoms with E-state index in [9.17, 15) is 0 Å². The lowest BCUT2D eigenvalue weighted by Crippen LogP contribution is -2.06. The maximum Gasteiger partial charge on any atom is 0.258 e. The molecule has 0 unspecified atom stereocenters. The zero-order valence-electron chi connectivity index (χ0n) is 6.39. The number of rotatable bonds is 0. The van der Waals surface area contributed by atoms with Gasteiger partial charge < -0.3 is 11.5 Å². The van der Waals surface area contributed by atoms with Crippen molar-refractivity contribution in [1.29, 1.82) is 0 Å². The topological polar surface area (TPSA) is 108 Å². The molecule has 0 aromatic carbocycles. The van der Waals surface area contributed by atoms with Gasteiger partial charge in [0.15, 0.2) is 0 Å². The predicted molar refractivity (Wildman–Crippen MR) is 42.1 cm³/mol. The average Bonchev–Trinajstić information content (AvgIpc) is 2.29. The fraction of sp³-hybridized carbons (Fsp3) is 0.200. The predicted octanol–water partition coefficient (Wildman–Crippen LogP) is -1.01. The standard InChI is InChI=1S/C5H7N7/c1-2-8-5-10-3(6)9-4(7)12(5)11-2/h1H3,(H4,6,7,8,9,10,11). The molecule has 0 bridgehead atoms. The Balaban J connectivity index is 2.88. The molecule has 0 aliphatic carbocycles. The number of fused-ring (bicyclic) bond motifs is 1. The van der Waals surface area contributed by atoms with Crippen LogP contribution in [-0.2, 0) is 0 Å². The molecule has 0 radical (unpaired) electrons. The van der Waals surface area contributed by atoms with Gasteiger partial charge in [-0.25, -0.2) is 0 Å². The summed E-state index contributed by atoms with van der Waals surface area (Å²) in [5.41, 5.74) is 10.9. The number of aromatic nitrogens is 5. The number of aryl methyl sites for hydroxylation is 1. The third-order valence-electron chi connectivity index (χ3n) is 1.36. The first-order valence-electron chi connectivity index (χ1n) is 3.29. The van der Waals surface area contributed by atoms with E-state index in [1.807, 2.05) is 0 Å². The molecule has 7 heteroatoms. The third-order valence-corrected chi connectivity index (χ3v) is 1.36. The van der Waals surface area contributed by atoms with Crippen LogP contribution in [0, 0.1) is 6.92 Å². The molecule has 62 valence electrons. The van der Waals surface area contributed by atoms with Crippen LogP contribution in [0.4, 0.5) is 11.9 Å². The highest BCUT2D eigenvalue weighted by Gasteiger charge is 2.05. The van der Waals surface area contributed by atoms with Crippen LogP contribution in [0.1, 0.15) is 5.82 Å². The molecular weight excluding hydrogens is 158 g/mol. The maximum atomic E-state index is 5.50. The van der Waals surface area contributed by atoms with E-state index >= 15 is 0 Å². The summed E-state index contributed by atoms with van der Waals surface area (Å²) >= 11 is 0. The number of anilines is 2. The molecule has 0 saturated heterocycles. The highest BCUT2D eigenvalue weighted by atomic mass is 15.4. The van der Waals surface area contributed by atoms with Crippen LogP contribution in [0.3, 0.4) is 0 Å². The van der Waals surface area contributed by atoms with Gasteiger partial charge in [0.1, 0.15) is 5.82 Å². The van der Waals surface area contributed by atoms with Crippen molar-refractivity contribution in [2.75, 3.05) is 11.5 Å². The van der Waals surface area contributed by atoms with Gasteiger partial charge in [-0.05, 0) is 6.92 Å². The summed E-state index contributed by atoms with van der Waals surface area (Å²) in [6, 6.07) is 0. The minimum absolute atomic E-state index is 0.104. The summed E-state index contributed by atoms with van der Waals surface area (Å²) in [7, 11) is 0. The van der Waals surface area contributed by atoms with Crippen molar-refractivity contribution >= 4 is 17.7 Å². The van der Waals surface area contributed by atoms with Gasteiger partial charge in [-0.3, -0.25) is 0 Å². The molecule has 2 aromatic rings. The Morgan fingerprint density at radius 1 is 1.17 bits per heavy atom. The molecule has 0 atom stereocenters. The molecule has 2 rings (SSSR count). The molecule has 0 fully saturated rings. The second kappa shape index (κ2) is 2.03. The van der Waals surface area contributed by atoms with E-state index in [1.54, 1.807) is 6.92 Å². The van der Waals surface area contributed by atoms with E-state index in [2.05, 4.69) is 20.1 Å². The van der Waals surface area contributed by atoms with Crippen molar-refractivity contribution in [1.82, 2.24) is 24.6 Å². The first-order valence-corrected chi connectivity index (χ1v) is 3.29. The number of hydrogen-bond acceptors (Lipinski definition) is 6. The Morgan fingerprint density at radius 2 is 1.92 bits per heavy atom. The van der Waals surface area contributed by atoms with E-state index in [0.29, 0.717) is 11.6 Å². The molecule has 2 aromatic heterocycles. The van der Waals surface area contributed by atoms with E-state index in [4.69, 9.17) is 11.5 Å². The highest BCUT2D eigenvalue weighted by molar-refractivity contribution is 5.40. The number of hydrogen-bond donors (Lipinski definition) is 2. The molecule has 7 nitrogen and oxygen atoms in total. The van der Waals surface area contributed by atoms with E-state index in [0.717, 1.165) is 0 Å². The molecule has 2 heterocycles. The van der Waals surface area contributed by atoms with Crippen LogP contribution in [0.15, 0.2) is 0 Å². The van der Waals surface area contributed by atoms with Gasteiger partial charge in [0.25, 0.3) is 5.78 Å². The molecule has 4 N–H and O–H groups in total. The van der Waals surface area contributed by atoms with Gasteiger partial charge >= 0.3 is 0 Å². The summed E-state index contributed by atoms with van der Waals surface area (Å²) in [6.07, 6.45) is 0. The summed E-state index contributed by atoms with van der Waals surface area (Å²) in [5, 5.41) is 3.95. The first-order chi connectivity index (χ1) is 5.66. The Labute approximate surface area is 67.4 Å². The summed E-state index contributed by atoms with van der Waals surface area (Å²) < 4.78 is 1.34. The van der Waals surface area contributed by atoms with Crippen molar-refractivity contribution < 1.29 is 0 Å². The lowest BCUT2D eigenvalue weighted by atomic mass is 10.8. The molecule has 0 saturated carbocycles. The minimum Gasteiger partial charge on any atom is -0.368 e. The Kier molecular flexibility index (Phi) is 1.15. The van der Waals surface area contributed by atoms with Crippen LogP contribution in [0.25, 0.3) is 5.78 Å². The van der Waals surface area contributed by atoms with Crippen molar-refractivity contribution in [3.05, 3.63) is 5.82 Å². The van der Waals surface area contributed by atoms with E-state index < -0.39 is 0 Å². The highest BCUT2D eigenvalue weighted by Crippen LogP contribution is 2.03. The first kappa shape index (κ1) is 6.77. The molecular formula is C5H7N7. The van der Waals surface area contributed by atoms with Gasteiger partial charge in [0.05, 0.1) is 0 Å². The summed E-state index contributed by atoms with van der Waals surface area (Å²) in [5.74, 6) is 1.25. The van der Waals surface area contributed by atoms with E-state index in [1.165, 1.54) is 4.52 Å². The molecule has 0 amide bonds. The quantitative estimate of drug-likeness (QED) is 0.518. The van der Waals surface area contributed by atoms with Gasteiger partial charge in [-0.2, -0.15) is 19.5 Å². The van der Waals surface area contributed by atoms with Crippen LogP contribution in [-0.4, -0.2) is 24.6 Å². The van der Waals surface area contributed by atoms with Crippen molar-refractivity contribution in [3.8, 4) is 0 Å². The zero-order chi connectivity index (χ0) is 8.72. The van der Waals surface area contributed by atoms with E-state index in [-0.39, 0.29) is 11.9 Å². The Hall–Kier alpha value is -1.92. The zero-order valence-corrected chi connectivity index (χ0v) is 6.39. The summed E-state index contributed by atoms with van der Waals surface area (Å²) in [6.45, 7) is 1.74. The van der Waals surface area contributed by atoms with Crippen LogP contribution >= 0.6 is 0 Å². The molecule has 0 spiro atoms. The lowest BCUT2D eigenvalue weighted by molar-refractivity contribution is 0.897. The smallest absolute Gasteiger partial charge is 0.258 e. The third kappa shape index (κ3) is 0.831. The minimum atomic E-state index is 0.104. The van der Waals surface area contributed by atoms with Gasteiger partial charge in [-0.1, -0.05) is 0 Å². The van der Waals surface area contributed by atoms with Gasteiger partial charge in [0.2, 0.25) is 11.9 Å². The molecule has 0 aliphatic rings. The van der Waals surface area contributed by atoms with Crippen LogP contribution < -0.4 is 11.5 Å². The van der Waals surface area contributed by atoms with Gasteiger partial charge in [0, 0.05) is 0 Å². The maximum absolute atomic E-state index is 5.50. The summed E-state index contributed by atoms with van der Waals surface area (Å²) in [4.78, 5) is 11.5. The van der Waals surface area contributed by atoms with Gasteiger partial charge in [-0.15, -0.1) is 5.10 Å². The SMILES string of the molecule is Cc1nc2nc(N)nc(N)n2n1. The van der Waals surface area contributed by atoms with Crippen LogP contribution in [0.5, 0.6) is 0 Å². The average molecular weight is 165 g/mol. The van der Waals surface area contributed by atoms with Crippen LogP contribution in [0.2, 0.25) is 0 Å². The molecule has 12 heavy (non-hydrogen) atoms. The normalized spacial score (nSPS) is 10.8. The lowest BCUT2D eigenvalue weighted by Gasteiger charge is -1.95. The van der Waals surface area contributed by atoms with Crippen molar-refractivity contribution in [2.45, 2.75) is 6.92 Å². The second-order valence-corrected chi connectivity index (χ2v) is 2.31. The fourth-order valence-corrected chi connectivity index (χ4v) is 0.922. The van der Waals surface area contributed by atoms with Crippen molar-refractivity contribution in [3.63, 3.8) is 0 Å².